The van der Waals surface area contributed by atoms with Crippen molar-refractivity contribution in [3.05, 3.63) is 147 Å². The third-order valence-electron chi connectivity index (χ3n) is 14.7. The number of H-pyrrole nitrogens is 1. The van der Waals surface area contributed by atoms with E-state index in [0.29, 0.717) is 156 Å². The summed E-state index contributed by atoms with van der Waals surface area (Å²) in [4.78, 5) is 75.2. The maximum atomic E-state index is 15.5. The normalized spacial score (nSPS) is 14.3. The Labute approximate surface area is 523 Å². The fourth-order valence-corrected chi connectivity index (χ4v) is 11.6. The van der Waals surface area contributed by atoms with Crippen molar-refractivity contribution >= 4 is 97.4 Å². The number of imidazole rings is 1. The molecular weight excluding hydrogens is 1190 g/mol. The zero-order valence-corrected chi connectivity index (χ0v) is 51.7. The summed E-state index contributed by atoms with van der Waals surface area (Å²) in [6, 6.07) is 26.8. The van der Waals surface area contributed by atoms with Gasteiger partial charge < -0.3 is 59.7 Å². The van der Waals surface area contributed by atoms with Gasteiger partial charge in [-0.15, -0.1) is 0 Å². The molecule has 0 radical (unpaired) electrons. The quantitative estimate of drug-likeness (QED) is 0.0317. The number of pyridine rings is 1. The number of amides is 3. The van der Waals surface area contributed by atoms with Gasteiger partial charge in [0.05, 0.1) is 78.8 Å². The molecule has 4 aromatic heterocycles. The molecule has 5 N–H and O–H groups in total. The van der Waals surface area contributed by atoms with Gasteiger partial charge in [-0.1, -0.05) is 90.0 Å². The van der Waals surface area contributed by atoms with Crippen LogP contribution in [0, 0.1) is 26.6 Å². The van der Waals surface area contributed by atoms with Crippen LogP contribution in [0.3, 0.4) is 0 Å². The van der Waals surface area contributed by atoms with Gasteiger partial charge in [0.25, 0.3) is 11.8 Å². The lowest BCUT2D eigenvalue weighted by Gasteiger charge is -2.40. The molecule has 8 aromatic rings. The molecule has 0 bridgehead atoms. The molecule has 1 unspecified atom stereocenters. The number of benzene rings is 4. The van der Waals surface area contributed by atoms with E-state index in [1.54, 1.807) is 37.4 Å². The van der Waals surface area contributed by atoms with Crippen molar-refractivity contribution in [2.45, 2.75) is 65.8 Å². The molecule has 2 aliphatic rings. The lowest BCUT2D eigenvalue weighted by atomic mass is 9.96. The third-order valence-corrected chi connectivity index (χ3v) is 16.2. The molecule has 2 fully saturated rings. The van der Waals surface area contributed by atoms with Crippen molar-refractivity contribution in [1.82, 2.24) is 40.1 Å². The van der Waals surface area contributed by atoms with Crippen molar-refractivity contribution in [2.24, 2.45) is 0 Å². The molecule has 2 saturated heterocycles. The number of carbonyl (C=O) groups is 3. The molecule has 1 atom stereocenters. The van der Waals surface area contributed by atoms with Crippen LogP contribution in [0.2, 0.25) is 10.0 Å². The maximum absolute atomic E-state index is 15.5. The Morgan fingerprint density at radius 1 is 0.761 bits per heavy atom. The van der Waals surface area contributed by atoms with Crippen LogP contribution in [0.25, 0.3) is 33.5 Å². The Morgan fingerprint density at radius 3 is 2.24 bits per heavy atom. The Bertz CT molecular complexity index is 3660. The standard InChI is InChI=1S/C63H70Cl2FN13O8S/c1-5-24-83-25-26-84-27-28-85-29-30-86-61(60(81)74-52-35-53(70-41(4)69-52)75-62-68-37-51(88-62)59(80)76-55-40(3)10-9-13-48(55)65)79-22-20-78(21-23-79)58-54(57-72-49-15-14-44(64)34-50(49)73-57)56(47(36-67-58)43-31-39(2)32-45(66)33-43)77-18-16-46(17-19-77)71-63(82)87-38-42-11-7-6-8-12-42/h6-15,31-37,46,61H,5,16-30,38H2,1-4H3,(H,71,82)(H,72,73)(H,76,80)(H2,68,69,70,74,75,81). The second-order valence-electron chi connectivity index (χ2n) is 21.2. The highest BCUT2D eigenvalue weighted by Crippen LogP contribution is 2.45. The summed E-state index contributed by atoms with van der Waals surface area (Å²) in [5, 5.41) is 13.4. The van der Waals surface area contributed by atoms with Crippen LogP contribution in [-0.4, -0.2) is 150 Å². The minimum atomic E-state index is -1.10. The number of ether oxygens (including phenoxy) is 5. The lowest BCUT2D eigenvalue weighted by Crippen LogP contribution is -2.55. The summed E-state index contributed by atoms with van der Waals surface area (Å²) >= 11 is 14.0. The van der Waals surface area contributed by atoms with Gasteiger partial charge in [-0.25, -0.2) is 34.1 Å². The van der Waals surface area contributed by atoms with E-state index in [9.17, 15) is 14.4 Å². The number of aromatic amines is 1. The number of halogens is 3. The molecule has 88 heavy (non-hydrogen) atoms. The zero-order chi connectivity index (χ0) is 61.5. The average Bonchev–Trinajstić information content (AvgIpc) is 1.36. The molecule has 0 spiro atoms. The van der Waals surface area contributed by atoms with Gasteiger partial charge in [-0.2, -0.15) is 0 Å². The van der Waals surface area contributed by atoms with Crippen LogP contribution in [0.4, 0.5) is 43.1 Å². The van der Waals surface area contributed by atoms with Crippen LogP contribution >= 0.6 is 34.5 Å². The van der Waals surface area contributed by atoms with Gasteiger partial charge >= 0.3 is 6.09 Å². The summed E-state index contributed by atoms with van der Waals surface area (Å²) in [5.41, 5.74) is 7.21. The van der Waals surface area contributed by atoms with Gasteiger partial charge in [0.2, 0.25) is 0 Å². The average molecular weight is 1260 g/mol. The number of piperidine rings is 1. The van der Waals surface area contributed by atoms with Crippen molar-refractivity contribution in [3.8, 4) is 22.5 Å². The fourth-order valence-electron chi connectivity index (χ4n) is 10.5. The van der Waals surface area contributed by atoms with Gasteiger partial charge in [0.15, 0.2) is 11.4 Å². The summed E-state index contributed by atoms with van der Waals surface area (Å²) in [7, 11) is 0. The summed E-state index contributed by atoms with van der Waals surface area (Å²) in [6.07, 6.45) is 3.78. The second kappa shape index (κ2) is 30.4. The molecule has 10 rings (SSSR count). The van der Waals surface area contributed by atoms with E-state index in [1.807, 2.05) is 73.3 Å². The van der Waals surface area contributed by atoms with E-state index >= 15 is 4.39 Å². The zero-order valence-electron chi connectivity index (χ0n) is 49.4. The number of aromatic nitrogens is 6. The predicted molar refractivity (Wildman–Crippen MR) is 341 cm³/mol. The van der Waals surface area contributed by atoms with Crippen LogP contribution in [-0.2, 0) is 35.1 Å². The summed E-state index contributed by atoms with van der Waals surface area (Å²) in [5.74, 6) is 0.818. The number of nitrogens with one attached hydrogen (secondary N) is 5. The maximum Gasteiger partial charge on any atom is 0.407 e. The first-order valence-corrected chi connectivity index (χ1v) is 30.8. The fraction of sp³-hybridized carbons (Fsp3) is 0.365. The highest BCUT2D eigenvalue weighted by Gasteiger charge is 2.35. The minimum absolute atomic E-state index is 0.0801. The number of carbonyl (C=O) groups excluding carboxylic acids is 3. The van der Waals surface area contributed by atoms with Gasteiger partial charge in [0, 0.05) is 74.8 Å². The van der Waals surface area contributed by atoms with E-state index in [-0.39, 0.29) is 43.4 Å². The molecule has 6 heterocycles. The molecule has 0 aliphatic carbocycles. The number of aryl methyl sites for hydroxylation is 3. The van der Waals surface area contributed by atoms with Crippen LogP contribution in [0.5, 0.6) is 0 Å². The Hall–Kier alpha value is -7.87. The van der Waals surface area contributed by atoms with Crippen molar-refractivity contribution in [1.29, 1.82) is 0 Å². The Kier molecular flexibility index (Phi) is 21.8. The third kappa shape index (κ3) is 16.6. The lowest BCUT2D eigenvalue weighted by molar-refractivity contribution is -0.144. The molecule has 4 aromatic carbocycles. The number of anilines is 6. The summed E-state index contributed by atoms with van der Waals surface area (Å²) < 4.78 is 44.6. The largest absolute Gasteiger partial charge is 0.445 e. The second-order valence-corrected chi connectivity index (χ2v) is 23.1. The first-order valence-electron chi connectivity index (χ1n) is 29.2. The highest BCUT2D eigenvalue weighted by atomic mass is 35.5. The molecular formula is C63H70Cl2FN13O8S. The SMILES string of the molecule is CCCOCCOCCOCCOC(C(=O)Nc1cc(Nc2ncc(C(=O)Nc3c(C)cccc3Cl)s2)nc(C)n1)N1CCN(c2ncc(-c3cc(C)cc(F)c3)c(N3CCC(NC(=O)OCc4ccccc4)CC3)c2-c2nc3cc(Cl)ccc3[nH]2)CC1. The Balaban J connectivity index is 0.892. The van der Waals surface area contributed by atoms with Crippen molar-refractivity contribution < 1.29 is 42.5 Å². The molecule has 2 aliphatic heterocycles. The number of hydrogen-bond acceptors (Lipinski definition) is 18. The number of para-hydroxylation sites is 1. The number of piperazine rings is 1. The van der Waals surface area contributed by atoms with Crippen molar-refractivity contribution in [3.63, 3.8) is 0 Å². The number of hydrogen-bond donors (Lipinski definition) is 5. The van der Waals surface area contributed by atoms with Gasteiger partial charge in [-0.05, 0) is 98.7 Å². The molecule has 462 valence electrons. The van der Waals surface area contributed by atoms with E-state index < -0.39 is 18.2 Å². The van der Waals surface area contributed by atoms with E-state index in [1.165, 1.54) is 18.3 Å². The first kappa shape index (κ1) is 63.2. The topological polar surface area (TPSA) is 235 Å². The van der Waals surface area contributed by atoms with Gasteiger partial charge in [0.1, 0.15) is 46.4 Å². The number of rotatable bonds is 26. The molecule has 21 nitrogen and oxygen atoms in total. The van der Waals surface area contributed by atoms with Gasteiger partial charge in [-0.3, -0.25) is 14.5 Å². The Morgan fingerprint density at radius 2 is 1.50 bits per heavy atom. The molecule has 0 saturated carbocycles. The number of nitrogens with zero attached hydrogens (tertiary/aromatic N) is 8. The van der Waals surface area contributed by atoms with Crippen LogP contribution < -0.4 is 31.1 Å². The number of fused-ring (bicyclic) bond motifs is 1. The van der Waals surface area contributed by atoms with E-state index in [2.05, 4.69) is 57.9 Å². The highest BCUT2D eigenvalue weighted by molar-refractivity contribution is 7.17. The molecule has 3 amide bonds. The van der Waals surface area contributed by atoms with Crippen molar-refractivity contribution in [2.75, 3.05) is 111 Å². The number of thiazole rings is 1. The van der Waals surface area contributed by atoms with E-state index in [4.69, 9.17) is 56.9 Å². The smallest absolute Gasteiger partial charge is 0.407 e. The summed E-state index contributed by atoms with van der Waals surface area (Å²) in [6.45, 7) is 12.8. The van der Waals surface area contributed by atoms with Crippen LogP contribution in [0.1, 0.15) is 58.4 Å². The molecule has 25 heteroatoms. The predicted octanol–water partition coefficient (Wildman–Crippen LogP) is 11.4. The van der Waals surface area contributed by atoms with Crippen LogP contribution in [0.15, 0.2) is 103 Å². The monoisotopic (exact) mass is 1260 g/mol. The first-order chi connectivity index (χ1) is 42.7. The minimum Gasteiger partial charge on any atom is -0.445 e. The number of alkyl carbamates (subject to hydrolysis) is 1. The van der Waals surface area contributed by atoms with E-state index in [0.717, 1.165) is 45.7 Å².